The van der Waals surface area contributed by atoms with Crippen LogP contribution >= 0.6 is 0 Å². The second kappa shape index (κ2) is 11.7. The van der Waals surface area contributed by atoms with Crippen LogP contribution in [-0.4, -0.2) is 18.6 Å². The fourth-order valence-electron chi connectivity index (χ4n) is 3.64. The Kier molecular flexibility index (Phi) is 8.48. The number of carbonyl (C=O) groups is 1. The van der Waals surface area contributed by atoms with Crippen LogP contribution < -0.4 is 14.8 Å². The topological polar surface area (TPSA) is 71.4 Å². The maximum atomic E-state index is 12.4. The van der Waals surface area contributed by atoms with Gasteiger partial charge in [-0.15, -0.1) is 6.58 Å². The number of amides is 1. The van der Waals surface area contributed by atoms with Crippen LogP contribution in [-0.2, 0) is 17.8 Å². The van der Waals surface area contributed by atoms with Crippen LogP contribution in [0.2, 0.25) is 0 Å². The van der Waals surface area contributed by atoms with Gasteiger partial charge in [0, 0.05) is 11.6 Å². The molecule has 0 bridgehead atoms. The molecule has 34 heavy (non-hydrogen) atoms. The van der Waals surface area contributed by atoms with Gasteiger partial charge in [0.2, 0.25) is 0 Å². The first-order valence-electron chi connectivity index (χ1n) is 11.4. The molecule has 5 heteroatoms. The lowest BCUT2D eigenvalue weighted by molar-refractivity contribution is -0.117. The van der Waals surface area contributed by atoms with E-state index in [2.05, 4.69) is 42.2 Å². The van der Waals surface area contributed by atoms with E-state index in [0.717, 1.165) is 16.5 Å². The highest BCUT2D eigenvalue weighted by Gasteiger charge is 2.16. The Hall–Kier alpha value is -4.04. The first kappa shape index (κ1) is 24.6. The number of nitrogens with one attached hydrogen (secondary N) is 1. The Morgan fingerprint density at radius 1 is 1.12 bits per heavy atom. The molecule has 0 aliphatic rings. The predicted molar refractivity (Wildman–Crippen MR) is 137 cm³/mol. The first-order chi connectivity index (χ1) is 16.4. The quantitative estimate of drug-likeness (QED) is 0.232. The zero-order chi connectivity index (χ0) is 24.5. The summed E-state index contributed by atoms with van der Waals surface area (Å²) < 4.78 is 12.1. The Bertz CT molecular complexity index is 1250. The molecule has 0 saturated heterocycles. The van der Waals surface area contributed by atoms with Gasteiger partial charge in [-0.3, -0.25) is 4.79 Å². The summed E-state index contributed by atoms with van der Waals surface area (Å²) in [6.45, 7) is 10.3. The van der Waals surface area contributed by atoms with E-state index in [1.165, 1.54) is 5.39 Å². The fraction of sp³-hybridized carbons (Fsp3) is 0.241. The van der Waals surface area contributed by atoms with Gasteiger partial charge in [-0.25, -0.2) is 0 Å². The lowest BCUT2D eigenvalue weighted by Crippen LogP contribution is -2.30. The number of rotatable bonds is 10. The van der Waals surface area contributed by atoms with Crippen molar-refractivity contribution in [1.29, 1.82) is 5.26 Å². The van der Waals surface area contributed by atoms with Crippen molar-refractivity contribution in [2.75, 3.05) is 6.61 Å². The lowest BCUT2D eigenvalue weighted by atomic mass is 10.0. The minimum Gasteiger partial charge on any atom is -0.490 e. The van der Waals surface area contributed by atoms with Crippen LogP contribution in [0.15, 0.2) is 72.8 Å². The molecule has 0 atom stereocenters. The van der Waals surface area contributed by atoms with Crippen LogP contribution in [0.1, 0.15) is 37.5 Å². The highest BCUT2D eigenvalue weighted by atomic mass is 16.5. The zero-order valence-corrected chi connectivity index (χ0v) is 19.9. The molecule has 174 valence electrons. The van der Waals surface area contributed by atoms with E-state index in [1.807, 2.05) is 45.0 Å². The molecule has 0 aliphatic heterocycles. The van der Waals surface area contributed by atoms with E-state index in [4.69, 9.17) is 9.47 Å². The lowest BCUT2D eigenvalue weighted by Gasteiger charge is -2.17. The van der Waals surface area contributed by atoms with Crippen molar-refractivity contribution in [3.05, 3.63) is 89.5 Å². The fourth-order valence-corrected chi connectivity index (χ4v) is 3.64. The molecule has 0 aliphatic carbocycles. The van der Waals surface area contributed by atoms with Crippen molar-refractivity contribution in [3.63, 3.8) is 0 Å². The van der Waals surface area contributed by atoms with Crippen molar-refractivity contribution in [1.82, 2.24) is 5.32 Å². The van der Waals surface area contributed by atoms with E-state index in [-0.39, 0.29) is 11.6 Å². The average molecular weight is 455 g/mol. The first-order valence-corrected chi connectivity index (χ1v) is 11.4. The number of hydrogen-bond donors (Lipinski definition) is 1. The molecule has 1 N–H and O–H groups in total. The van der Waals surface area contributed by atoms with Crippen molar-refractivity contribution in [2.45, 2.75) is 39.8 Å². The van der Waals surface area contributed by atoms with Gasteiger partial charge in [-0.05, 0) is 73.4 Å². The second-order valence-electron chi connectivity index (χ2n) is 8.20. The van der Waals surface area contributed by atoms with Crippen LogP contribution in [0.4, 0.5) is 0 Å². The average Bonchev–Trinajstić information content (AvgIpc) is 2.81. The largest absolute Gasteiger partial charge is 0.490 e. The highest BCUT2D eigenvalue weighted by Crippen LogP contribution is 2.35. The third-order valence-electron chi connectivity index (χ3n) is 5.11. The van der Waals surface area contributed by atoms with Gasteiger partial charge in [0.1, 0.15) is 18.2 Å². The van der Waals surface area contributed by atoms with E-state index in [9.17, 15) is 10.1 Å². The number of benzene rings is 3. The number of carbonyl (C=O) groups excluding carboxylic acids is 1. The molecule has 5 nitrogen and oxygen atoms in total. The van der Waals surface area contributed by atoms with Crippen LogP contribution in [0, 0.1) is 11.3 Å². The summed E-state index contributed by atoms with van der Waals surface area (Å²) in [6.07, 6.45) is 3.91. The van der Waals surface area contributed by atoms with E-state index in [1.54, 1.807) is 18.2 Å². The summed E-state index contributed by atoms with van der Waals surface area (Å²) in [5.74, 6) is 0.796. The molecule has 0 spiro atoms. The molecular formula is C29H30N2O3. The van der Waals surface area contributed by atoms with Gasteiger partial charge in [-0.2, -0.15) is 5.26 Å². The number of hydrogen-bond acceptors (Lipinski definition) is 4. The third kappa shape index (κ3) is 6.26. The highest BCUT2D eigenvalue weighted by molar-refractivity contribution is 6.01. The van der Waals surface area contributed by atoms with Crippen LogP contribution in [0.3, 0.4) is 0 Å². The molecular weight excluding hydrogens is 424 g/mol. The van der Waals surface area contributed by atoms with Crippen molar-refractivity contribution in [3.8, 4) is 17.6 Å². The van der Waals surface area contributed by atoms with Gasteiger partial charge in [0.25, 0.3) is 5.91 Å². The Morgan fingerprint density at radius 3 is 2.56 bits per heavy atom. The number of allylic oxidation sites excluding steroid dienone is 1. The smallest absolute Gasteiger partial charge is 0.262 e. The molecule has 0 heterocycles. The van der Waals surface area contributed by atoms with Gasteiger partial charge < -0.3 is 14.8 Å². The van der Waals surface area contributed by atoms with Crippen molar-refractivity contribution < 1.29 is 14.3 Å². The normalized spacial score (nSPS) is 11.2. The van der Waals surface area contributed by atoms with E-state index in [0.29, 0.717) is 36.7 Å². The van der Waals surface area contributed by atoms with E-state index < -0.39 is 5.91 Å². The molecule has 3 aromatic rings. The van der Waals surface area contributed by atoms with Gasteiger partial charge >= 0.3 is 0 Å². The number of ether oxygens (including phenoxy) is 2. The monoisotopic (exact) mass is 454 g/mol. The van der Waals surface area contributed by atoms with Gasteiger partial charge in [0.05, 0.1) is 6.61 Å². The maximum absolute atomic E-state index is 12.4. The molecule has 1 amide bonds. The minimum absolute atomic E-state index is 0.0329. The van der Waals surface area contributed by atoms with Crippen molar-refractivity contribution in [2.24, 2.45) is 0 Å². The third-order valence-corrected chi connectivity index (χ3v) is 5.11. The molecule has 0 unspecified atom stereocenters. The van der Waals surface area contributed by atoms with Gasteiger partial charge in [-0.1, -0.05) is 42.5 Å². The Balaban J connectivity index is 1.95. The van der Waals surface area contributed by atoms with Gasteiger partial charge in [0.15, 0.2) is 11.5 Å². The summed E-state index contributed by atoms with van der Waals surface area (Å²) in [5, 5.41) is 14.6. The van der Waals surface area contributed by atoms with Crippen LogP contribution in [0.5, 0.6) is 11.5 Å². The SMILES string of the molecule is C=CCc1cc(/C=C(/C#N)C(=O)NC(C)C)cc(OCC)c1OCc1ccc2ccccc2c1. The van der Waals surface area contributed by atoms with E-state index >= 15 is 0 Å². The van der Waals surface area contributed by atoms with Crippen molar-refractivity contribution >= 4 is 22.8 Å². The molecule has 0 fully saturated rings. The minimum atomic E-state index is -0.405. The zero-order valence-electron chi connectivity index (χ0n) is 19.9. The Morgan fingerprint density at radius 2 is 1.88 bits per heavy atom. The maximum Gasteiger partial charge on any atom is 0.262 e. The molecule has 0 aromatic heterocycles. The molecule has 0 radical (unpaired) electrons. The summed E-state index contributed by atoms with van der Waals surface area (Å²) in [6, 6.07) is 20.1. The second-order valence-corrected chi connectivity index (χ2v) is 8.20. The standard InChI is InChI=1S/C29H30N2O3/c1-5-9-25-15-22(16-26(18-30)29(32)31-20(3)4)17-27(33-6-2)28(25)34-19-21-12-13-23-10-7-8-11-24(23)14-21/h5,7-8,10-17,20H,1,6,9,19H2,2-4H3,(H,31,32)/b26-16-. The molecule has 0 saturated carbocycles. The summed E-state index contributed by atoms with van der Waals surface area (Å²) >= 11 is 0. The molecule has 3 aromatic carbocycles. The summed E-state index contributed by atoms with van der Waals surface area (Å²) in [7, 11) is 0. The summed E-state index contributed by atoms with van der Waals surface area (Å²) in [5.41, 5.74) is 2.64. The number of nitriles is 1. The number of fused-ring (bicyclic) bond motifs is 1. The molecule has 3 rings (SSSR count). The predicted octanol–water partition coefficient (Wildman–Crippen LogP) is 5.98. The summed E-state index contributed by atoms with van der Waals surface area (Å²) in [4.78, 5) is 12.4. The number of nitrogens with zero attached hydrogens (tertiary/aromatic N) is 1. The Labute approximate surface area is 201 Å². The van der Waals surface area contributed by atoms with Crippen LogP contribution in [0.25, 0.3) is 16.8 Å².